The minimum atomic E-state index is 0. The Balaban J connectivity index is 0.00000112. The van der Waals surface area contributed by atoms with Crippen molar-refractivity contribution in [2.24, 2.45) is 0 Å². The molecule has 1 aliphatic heterocycles. The number of hydrogen-bond donors (Lipinski definition) is 1. The third kappa shape index (κ3) is 2.44. The number of nitrogens with two attached hydrogens (primary N) is 1. The van der Waals surface area contributed by atoms with Gasteiger partial charge in [-0.25, -0.2) is 0 Å². The molecule has 0 bridgehead atoms. The van der Waals surface area contributed by atoms with E-state index in [4.69, 9.17) is 5.73 Å². The minimum Gasteiger partial charge on any atom is -0.396 e. The quantitative estimate of drug-likeness (QED) is 0.795. The molecular weight excluding hydrogens is 212 g/mol. The third-order valence-electron chi connectivity index (χ3n) is 3.12. The molecule has 1 aromatic heterocycles. The zero-order valence-electron chi connectivity index (χ0n) is 9.31. The van der Waals surface area contributed by atoms with E-state index in [0.717, 1.165) is 24.5 Å². The van der Waals surface area contributed by atoms with Crippen LogP contribution >= 0.6 is 12.4 Å². The summed E-state index contributed by atoms with van der Waals surface area (Å²) < 4.78 is 2.09. The Bertz CT molecular complexity index is 315. The van der Waals surface area contributed by atoms with Gasteiger partial charge in [-0.05, 0) is 39.9 Å². The Morgan fingerprint density at radius 1 is 1.40 bits per heavy atom. The molecule has 1 aliphatic rings. The van der Waals surface area contributed by atoms with Crippen LogP contribution in [0.25, 0.3) is 0 Å². The minimum absolute atomic E-state index is 0. The fraction of sp³-hybridized carbons (Fsp3) is 0.700. The topological polar surface area (TPSA) is 47.1 Å². The molecule has 0 aliphatic carbocycles. The maximum Gasteiger partial charge on any atom is 0.0730 e. The van der Waals surface area contributed by atoms with Crippen LogP contribution in [0.15, 0.2) is 6.20 Å². The molecule has 4 nitrogen and oxygen atoms in total. The molecule has 15 heavy (non-hydrogen) atoms. The van der Waals surface area contributed by atoms with Gasteiger partial charge in [0.25, 0.3) is 0 Å². The van der Waals surface area contributed by atoms with Crippen LogP contribution in [-0.4, -0.2) is 34.8 Å². The van der Waals surface area contributed by atoms with E-state index in [1.54, 1.807) is 6.20 Å². The molecule has 0 aromatic carbocycles. The van der Waals surface area contributed by atoms with Gasteiger partial charge >= 0.3 is 0 Å². The van der Waals surface area contributed by atoms with Crippen molar-refractivity contribution in [1.29, 1.82) is 0 Å². The summed E-state index contributed by atoms with van der Waals surface area (Å²) in [5.74, 6) is 0. The van der Waals surface area contributed by atoms with Crippen LogP contribution in [0.2, 0.25) is 0 Å². The van der Waals surface area contributed by atoms with Crippen LogP contribution < -0.4 is 5.73 Å². The monoisotopic (exact) mass is 230 g/mol. The van der Waals surface area contributed by atoms with Gasteiger partial charge in [0.05, 0.1) is 23.6 Å². The molecule has 86 valence electrons. The summed E-state index contributed by atoms with van der Waals surface area (Å²) in [4.78, 5) is 2.36. The highest BCUT2D eigenvalue weighted by atomic mass is 35.5. The summed E-state index contributed by atoms with van der Waals surface area (Å²) in [6, 6.07) is 0.545. The van der Waals surface area contributed by atoms with Crippen LogP contribution in [0.3, 0.4) is 0 Å². The van der Waals surface area contributed by atoms with E-state index in [2.05, 4.69) is 21.7 Å². The third-order valence-corrected chi connectivity index (χ3v) is 3.12. The van der Waals surface area contributed by atoms with Gasteiger partial charge in [0.1, 0.15) is 0 Å². The van der Waals surface area contributed by atoms with Crippen LogP contribution in [-0.2, 0) is 0 Å². The molecule has 0 spiro atoms. The number of nitrogen functional groups attached to an aromatic ring is 1. The summed E-state index contributed by atoms with van der Waals surface area (Å²) in [5, 5.41) is 4.34. The van der Waals surface area contributed by atoms with E-state index in [0.29, 0.717) is 6.04 Å². The molecule has 2 heterocycles. The van der Waals surface area contributed by atoms with Crippen molar-refractivity contribution in [1.82, 2.24) is 14.7 Å². The molecule has 1 aromatic rings. The molecular formula is C10H19ClN4. The number of piperidine rings is 1. The van der Waals surface area contributed by atoms with Crippen LogP contribution in [0, 0.1) is 6.92 Å². The first-order valence-corrected chi connectivity index (χ1v) is 5.16. The smallest absolute Gasteiger partial charge is 0.0730 e. The summed E-state index contributed by atoms with van der Waals surface area (Å²) in [7, 11) is 2.17. The van der Waals surface area contributed by atoms with Gasteiger partial charge in [0, 0.05) is 0 Å². The molecule has 0 unspecified atom stereocenters. The zero-order chi connectivity index (χ0) is 10.1. The second-order valence-corrected chi connectivity index (χ2v) is 4.16. The summed E-state index contributed by atoms with van der Waals surface area (Å²) in [6.45, 7) is 4.36. The highest BCUT2D eigenvalue weighted by Crippen LogP contribution is 2.24. The normalized spacial score (nSPS) is 18.8. The van der Waals surface area contributed by atoms with E-state index < -0.39 is 0 Å². The van der Waals surface area contributed by atoms with Crippen LogP contribution in [0.1, 0.15) is 24.6 Å². The van der Waals surface area contributed by atoms with Crippen molar-refractivity contribution in [3.05, 3.63) is 11.9 Å². The van der Waals surface area contributed by atoms with Gasteiger partial charge in [0.2, 0.25) is 0 Å². The number of hydrogen-bond acceptors (Lipinski definition) is 3. The summed E-state index contributed by atoms with van der Waals surface area (Å²) in [5.41, 5.74) is 7.70. The van der Waals surface area contributed by atoms with Crippen LogP contribution in [0.4, 0.5) is 5.69 Å². The number of nitrogens with zero attached hydrogens (tertiary/aromatic N) is 3. The first-order valence-electron chi connectivity index (χ1n) is 5.16. The highest BCUT2D eigenvalue weighted by Gasteiger charge is 2.20. The van der Waals surface area contributed by atoms with E-state index in [1.165, 1.54) is 12.8 Å². The summed E-state index contributed by atoms with van der Waals surface area (Å²) >= 11 is 0. The SMILES string of the molecule is Cc1c(N)cnn1C1CCN(C)CC1.Cl. The highest BCUT2D eigenvalue weighted by molar-refractivity contribution is 5.85. The Kier molecular flexibility index (Phi) is 3.99. The largest absolute Gasteiger partial charge is 0.396 e. The molecule has 0 atom stereocenters. The predicted molar refractivity (Wildman–Crippen MR) is 64.4 cm³/mol. The van der Waals surface area contributed by atoms with E-state index in [-0.39, 0.29) is 12.4 Å². The van der Waals surface area contributed by atoms with E-state index >= 15 is 0 Å². The Morgan fingerprint density at radius 3 is 2.47 bits per heavy atom. The lowest BCUT2D eigenvalue weighted by atomic mass is 10.1. The average molecular weight is 231 g/mol. The summed E-state index contributed by atoms with van der Waals surface area (Å²) in [6.07, 6.45) is 4.12. The van der Waals surface area contributed by atoms with E-state index in [9.17, 15) is 0 Å². The van der Waals surface area contributed by atoms with Gasteiger partial charge in [-0.1, -0.05) is 0 Å². The molecule has 0 saturated carbocycles. The first kappa shape index (κ1) is 12.3. The molecule has 2 rings (SSSR count). The maximum absolute atomic E-state index is 5.78. The zero-order valence-corrected chi connectivity index (χ0v) is 10.1. The predicted octanol–water partition coefficient (Wildman–Crippen LogP) is 1.46. The van der Waals surface area contributed by atoms with Gasteiger partial charge in [0.15, 0.2) is 0 Å². The van der Waals surface area contributed by atoms with Gasteiger partial charge < -0.3 is 10.6 Å². The molecule has 0 radical (unpaired) electrons. The first-order chi connectivity index (χ1) is 6.68. The van der Waals surface area contributed by atoms with Crippen molar-refractivity contribution in [2.75, 3.05) is 25.9 Å². The average Bonchev–Trinajstić information content (AvgIpc) is 2.50. The van der Waals surface area contributed by atoms with E-state index in [1.807, 2.05) is 6.92 Å². The van der Waals surface area contributed by atoms with Gasteiger partial charge in [-0.15, -0.1) is 12.4 Å². The number of halogens is 1. The van der Waals surface area contributed by atoms with Crippen LogP contribution in [0.5, 0.6) is 0 Å². The lowest BCUT2D eigenvalue weighted by Gasteiger charge is -2.29. The fourth-order valence-corrected chi connectivity index (χ4v) is 2.04. The molecule has 2 N–H and O–H groups in total. The Labute approximate surface area is 96.8 Å². The number of likely N-dealkylation sites (tertiary alicyclic amines) is 1. The Morgan fingerprint density at radius 2 is 2.00 bits per heavy atom. The molecule has 1 fully saturated rings. The van der Waals surface area contributed by atoms with Crippen molar-refractivity contribution in [3.8, 4) is 0 Å². The molecule has 0 amide bonds. The Hall–Kier alpha value is -0.740. The standard InChI is InChI=1S/C10H18N4.ClH/c1-8-10(11)7-12-14(8)9-3-5-13(2)6-4-9;/h7,9H,3-6,11H2,1-2H3;1H. The maximum atomic E-state index is 5.78. The molecule has 5 heteroatoms. The number of anilines is 1. The van der Waals surface area contributed by atoms with Crippen molar-refractivity contribution in [3.63, 3.8) is 0 Å². The van der Waals surface area contributed by atoms with Crippen molar-refractivity contribution in [2.45, 2.75) is 25.8 Å². The fourth-order valence-electron chi connectivity index (χ4n) is 2.04. The number of aromatic nitrogens is 2. The van der Waals surface area contributed by atoms with Gasteiger partial charge in [-0.3, -0.25) is 4.68 Å². The second-order valence-electron chi connectivity index (χ2n) is 4.16. The second kappa shape index (κ2) is 4.86. The lowest BCUT2D eigenvalue weighted by Crippen LogP contribution is -2.32. The lowest BCUT2D eigenvalue weighted by molar-refractivity contribution is 0.211. The van der Waals surface area contributed by atoms with Crippen molar-refractivity contribution >= 4 is 18.1 Å². The number of rotatable bonds is 1. The van der Waals surface area contributed by atoms with Crippen molar-refractivity contribution < 1.29 is 0 Å². The van der Waals surface area contributed by atoms with Gasteiger partial charge in [-0.2, -0.15) is 5.10 Å². The molecule has 1 saturated heterocycles.